The summed E-state index contributed by atoms with van der Waals surface area (Å²) in [6.45, 7) is 2.77. The molecule has 2 aromatic rings. The molecule has 1 fully saturated rings. The first-order valence-electron chi connectivity index (χ1n) is 8.32. The number of nitrogens with one attached hydrogen (secondary N) is 1. The fraction of sp³-hybridized carbons (Fsp3) is 0.300. The lowest BCUT2D eigenvalue weighted by Gasteiger charge is -2.32. The highest BCUT2D eigenvalue weighted by atomic mass is 16.1. The molecule has 4 heteroatoms. The average Bonchev–Trinajstić information content (AvgIpc) is 2.64. The maximum atomic E-state index is 12.2. The first kappa shape index (κ1) is 16.2. The van der Waals surface area contributed by atoms with E-state index in [-0.39, 0.29) is 11.9 Å². The third kappa shape index (κ3) is 4.21. The maximum Gasteiger partial charge on any atom is 0.251 e. The molecule has 0 atom stereocenters. The molecule has 1 N–H and O–H groups in total. The quantitative estimate of drug-likeness (QED) is 0.942. The summed E-state index contributed by atoms with van der Waals surface area (Å²) >= 11 is 0. The van der Waals surface area contributed by atoms with Gasteiger partial charge in [0.25, 0.3) is 5.91 Å². The molecule has 0 aromatic heterocycles. The van der Waals surface area contributed by atoms with Crippen molar-refractivity contribution in [1.29, 1.82) is 5.26 Å². The minimum Gasteiger partial charge on any atom is -0.349 e. The van der Waals surface area contributed by atoms with Crippen LogP contribution in [0.25, 0.3) is 0 Å². The highest BCUT2D eigenvalue weighted by molar-refractivity contribution is 5.94. The molecular weight excluding hydrogens is 298 g/mol. The van der Waals surface area contributed by atoms with Gasteiger partial charge in [0, 0.05) is 31.2 Å². The standard InChI is InChI=1S/C20H21N3O/c21-14-16-5-4-6-17(13-16)15-23-11-9-19(10-12-23)22-20(24)18-7-2-1-3-8-18/h1-8,13,19H,9-12,15H2,(H,22,24). The lowest BCUT2D eigenvalue weighted by Crippen LogP contribution is -2.44. The predicted octanol–water partition coefficient (Wildman–Crippen LogP) is 2.95. The van der Waals surface area contributed by atoms with Crippen LogP contribution in [-0.4, -0.2) is 29.9 Å². The summed E-state index contributed by atoms with van der Waals surface area (Å²) in [5.74, 6) is 0.00997. The summed E-state index contributed by atoms with van der Waals surface area (Å²) in [5.41, 5.74) is 2.59. The molecule has 2 aromatic carbocycles. The Balaban J connectivity index is 1.49. The van der Waals surface area contributed by atoms with Crippen LogP contribution in [0.3, 0.4) is 0 Å². The molecule has 1 aliphatic rings. The van der Waals surface area contributed by atoms with Crippen molar-refractivity contribution < 1.29 is 4.79 Å². The smallest absolute Gasteiger partial charge is 0.251 e. The Hall–Kier alpha value is -2.64. The van der Waals surface area contributed by atoms with Crippen LogP contribution < -0.4 is 5.32 Å². The van der Waals surface area contributed by atoms with Crippen LogP contribution in [0.15, 0.2) is 54.6 Å². The van der Waals surface area contributed by atoms with Gasteiger partial charge in [0.1, 0.15) is 0 Å². The minimum absolute atomic E-state index is 0.00997. The van der Waals surface area contributed by atoms with E-state index < -0.39 is 0 Å². The van der Waals surface area contributed by atoms with E-state index in [1.54, 1.807) is 0 Å². The van der Waals surface area contributed by atoms with E-state index >= 15 is 0 Å². The topological polar surface area (TPSA) is 56.1 Å². The van der Waals surface area contributed by atoms with E-state index in [1.165, 1.54) is 5.56 Å². The zero-order valence-corrected chi connectivity index (χ0v) is 13.6. The number of amides is 1. The van der Waals surface area contributed by atoms with Crippen LogP contribution in [0.4, 0.5) is 0 Å². The van der Waals surface area contributed by atoms with Crippen molar-refractivity contribution in [2.24, 2.45) is 0 Å². The van der Waals surface area contributed by atoms with Gasteiger partial charge in [0.05, 0.1) is 11.6 Å². The Kier molecular flexibility index (Phi) is 5.25. The third-order valence-corrected chi connectivity index (χ3v) is 4.42. The number of carbonyl (C=O) groups is 1. The van der Waals surface area contributed by atoms with Crippen molar-refractivity contribution in [1.82, 2.24) is 10.2 Å². The van der Waals surface area contributed by atoms with Gasteiger partial charge in [-0.25, -0.2) is 0 Å². The molecule has 0 aliphatic carbocycles. The molecule has 1 heterocycles. The van der Waals surface area contributed by atoms with Crippen LogP contribution in [0.5, 0.6) is 0 Å². The van der Waals surface area contributed by atoms with Gasteiger partial charge < -0.3 is 5.32 Å². The summed E-state index contributed by atoms with van der Waals surface area (Å²) in [7, 11) is 0. The number of piperidine rings is 1. The zero-order chi connectivity index (χ0) is 16.8. The number of carbonyl (C=O) groups excluding carboxylic acids is 1. The Morgan fingerprint density at radius 3 is 2.58 bits per heavy atom. The van der Waals surface area contributed by atoms with Gasteiger partial charge in [-0.2, -0.15) is 5.26 Å². The number of likely N-dealkylation sites (tertiary alicyclic amines) is 1. The van der Waals surface area contributed by atoms with Crippen LogP contribution >= 0.6 is 0 Å². The highest BCUT2D eigenvalue weighted by Crippen LogP contribution is 2.15. The van der Waals surface area contributed by atoms with Crippen LogP contribution in [0.2, 0.25) is 0 Å². The van der Waals surface area contributed by atoms with Gasteiger partial charge in [-0.15, -0.1) is 0 Å². The van der Waals surface area contributed by atoms with E-state index in [4.69, 9.17) is 5.26 Å². The second-order valence-electron chi connectivity index (χ2n) is 6.20. The Bertz CT molecular complexity index is 728. The summed E-state index contributed by atoms with van der Waals surface area (Å²) in [6, 6.07) is 19.5. The second-order valence-corrected chi connectivity index (χ2v) is 6.20. The normalized spacial score (nSPS) is 15.6. The lowest BCUT2D eigenvalue weighted by molar-refractivity contribution is 0.0909. The molecule has 0 saturated carbocycles. The number of nitriles is 1. The molecule has 0 bridgehead atoms. The predicted molar refractivity (Wildman–Crippen MR) is 93.4 cm³/mol. The maximum absolute atomic E-state index is 12.2. The molecule has 1 saturated heterocycles. The van der Waals surface area contributed by atoms with Gasteiger partial charge in [-0.1, -0.05) is 30.3 Å². The molecule has 3 rings (SSSR count). The van der Waals surface area contributed by atoms with Crippen molar-refractivity contribution in [3.63, 3.8) is 0 Å². The molecule has 4 nitrogen and oxygen atoms in total. The van der Waals surface area contributed by atoms with E-state index in [2.05, 4.69) is 22.4 Å². The second kappa shape index (κ2) is 7.76. The van der Waals surface area contributed by atoms with Crippen LogP contribution in [0.1, 0.15) is 34.3 Å². The molecule has 0 unspecified atom stereocenters. The first-order valence-corrected chi connectivity index (χ1v) is 8.32. The van der Waals surface area contributed by atoms with Crippen molar-refractivity contribution in [2.45, 2.75) is 25.4 Å². The number of hydrogen-bond acceptors (Lipinski definition) is 3. The number of rotatable bonds is 4. The summed E-state index contributed by atoms with van der Waals surface area (Å²) in [4.78, 5) is 14.6. The highest BCUT2D eigenvalue weighted by Gasteiger charge is 2.21. The van der Waals surface area contributed by atoms with Gasteiger partial charge in [0.15, 0.2) is 0 Å². The third-order valence-electron chi connectivity index (χ3n) is 4.42. The van der Waals surface area contributed by atoms with Crippen molar-refractivity contribution >= 4 is 5.91 Å². The monoisotopic (exact) mass is 319 g/mol. The van der Waals surface area contributed by atoms with Gasteiger partial charge in [0.2, 0.25) is 0 Å². The summed E-state index contributed by atoms with van der Waals surface area (Å²) in [5, 5.41) is 12.1. The number of nitrogens with zero attached hydrogens (tertiary/aromatic N) is 2. The van der Waals surface area contributed by atoms with E-state index in [0.29, 0.717) is 11.1 Å². The Morgan fingerprint density at radius 1 is 1.12 bits per heavy atom. The van der Waals surface area contributed by atoms with E-state index in [9.17, 15) is 4.79 Å². The average molecular weight is 319 g/mol. The summed E-state index contributed by atoms with van der Waals surface area (Å²) in [6.07, 6.45) is 1.91. The summed E-state index contributed by atoms with van der Waals surface area (Å²) < 4.78 is 0. The number of benzene rings is 2. The van der Waals surface area contributed by atoms with Crippen LogP contribution in [0, 0.1) is 11.3 Å². The van der Waals surface area contributed by atoms with Gasteiger partial charge in [-0.3, -0.25) is 9.69 Å². The fourth-order valence-electron chi connectivity index (χ4n) is 3.09. The van der Waals surface area contributed by atoms with E-state index in [0.717, 1.165) is 32.5 Å². The van der Waals surface area contributed by atoms with Gasteiger partial charge >= 0.3 is 0 Å². The van der Waals surface area contributed by atoms with Crippen molar-refractivity contribution in [3.05, 3.63) is 71.3 Å². The lowest BCUT2D eigenvalue weighted by atomic mass is 10.0. The molecule has 1 amide bonds. The molecule has 0 radical (unpaired) electrons. The molecule has 122 valence electrons. The van der Waals surface area contributed by atoms with Crippen molar-refractivity contribution in [3.8, 4) is 6.07 Å². The minimum atomic E-state index is 0.00997. The SMILES string of the molecule is N#Cc1cccc(CN2CCC(NC(=O)c3ccccc3)CC2)c1. The Labute approximate surface area is 142 Å². The fourth-order valence-corrected chi connectivity index (χ4v) is 3.09. The van der Waals surface area contributed by atoms with E-state index in [1.807, 2.05) is 48.5 Å². The largest absolute Gasteiger partial charge is 0.349 e. The Morgan fingerprint density at radius 2 is 1.88 bits per heavy atom. The molecule has 24 heavy (non-hydrogen) atoms. The first-order chi connectivity index (χ1) is 11.7. The molecule has 0 spiro atoms. The zero-order valence-electron chi connectivity index (χ0n) is 13.6. The van der Waals surface area contributed by atoms with Gasteiger partial charge in [-0.05, 0) is 42.7 Å². The van der Waals surface area contributed by atoms with Crippen LogP contribution in [-0.2, 0) is 6.54 Å². The number of hydrogen-bond donors (Lipinski definition) is 1. The molecule has 1 aliphatic heterocycles. The van der Waals surface area contributed by atoms with Crippen molar-refractivity contribution in [2.75, 3.05) is 13.1 Å². The molecular formula is C20H21N3O.